The minimum absolute atomic E-state index is 0.0280. The number of nitrogens with zero attached hydrogens (tertiary/aromatic N) is 1. The van der Waals surface area contributed by atoms with Crippen molar-refractivity contribution in [3.63, 3.8) is 0 Å². The SMILES string of the molecule is COc1cc(C)c(S(=O)(=O)N(C)CC(C)(C)O)c(C)c1. The van der Waals surface area contributed by atoms with Crippen LogP contribution in [0.4, 0.5) is 0 Å². The van der Waals surface area contributed by atoms with Gasteiger partial charge in [-0.2, -0.15) is 4.31 Å². The third-order valence-electron chi connectivity index (χ3n) is 2.95. The van der Waals surface area contributed by atoms with E-state index in [1.54, 1.807) is 46.9 Å². The van der Waals surface area contributed by atoms with Crippen LogP contribution >= 0.6 is 0 Å². The summed E-state index contributed by atoms with van der Waals surface area (Å²) in [6.07, 6.45) is 0. The van der Waals surface area contributed by atoms with Gasteiger partial charge in [-0.05, 0) is 51.0 Å². The maximum Gasteiger partial charge on any atom is 0.243 e. The number of hydrogen-bond acceptors (Lipinski definition) is 4. The monoisotopic (exact) mass is 301 g/mol. The van der Waals surface area contributed by atoms with Gasteiger partial charge in [0.2, 0.25) is 10.0 Å². The first-order valence-corrected chi connectivity index (χ1v) is 7.77. The first-order valence-electron chi connectivity index (χ1n) is 6.33. The molecule has 0 amide bonds. The van der Waals surface area contributed by atoms with E-state index in [2.05, 4.69) is 0 Å². The average Bonchev–Trinajstić information content (AvgIpc) is 2.24. The Morgan fingerprint density at radius 2 is 1.70 bits per heavy atom. The molecule has 0 saturated carbocycles. The van der Waals surface area contributed by atoms with E-state index in [4.69, 9.17) is 4.74 Å². The molecule has 6 heteroatoms. The van der Waals surface area contributed by atoms with Crippen LogP contribution in [0, 0.1) is 13.8 Å². The predicted octanol–water partition coefficient (Wildman–Crippen LogP) is 1.70. The maximum absolute atomic E-state index is 12.6. The minimum atomic E-state index is -3.64. The van der Waals surface area contributed by atoms with Crippen molar-refractivity contribution in [1.29, 1.82) is 0 Å². The summed E-state index contributed by atoms with van der Waals surface area (Å²) in [5, 5.41) is 9.79. The van der Waals surface area contributed by atoms with Crippen LogP contribution < -0.4 is 4.74 Å². The Balaban J connectivity index is 3.29. The van der Waals surface area contributed by atoms with Gasteiger partial charge < -0.3 is 9.84 Å². The molecule has 1 aromatic rings. The topological polar surface area (TPSA) is 66.8 Å². The van der Waals surface area contributed by atoms with E-state index >= 15 is 0 Å². The fourth-order valence-electron chi connectivity index (χ4n) is 2.22. The summed E-state index contributed by atoms with van der Waals surface area (Å²) in [6, 6.07) is 3.38. The van der Waals surface area contributed by atoms with E-state index in [0.717, 1.165) is 0 Å². The van der Waals surface area contributed by atoms with Crippen molar-refractivity contribution in [2.75, 3.05) is 20.7 Å². The smallest absolute Gasteiger partial charge is 0.243 e. The third kappa shape index (κ3) is 3.71. The molecule has 0 radical (unpaired) electrons. The Labute approximate surface area is 121 Å². The van der Waals surface area contributed by atoms with Crippen LogP contribution in [-0.2, 0) is 10.0 Å². The van der Waals surface area contributed by atoms with Gasteiger partial charge in [0.25, 0.3) is 0 Å². The molecule has 0 heterocycles. The molecule has 0 spiro atoms. The van der Waals surface area contributed by atoms with Crippen LogP contribution in [0.2, 0.25) is 0 Å². The molecule has 0 aliphatic carbocycles. The van der Waals surface area contributed by atoms with Crippen molar-refractivity contribution in [3.8, 4) is 5.75 Å². The average molecular weight is 301 g/mol. The number of sulfonamides is 1. The summed E-state index contributed by atoms with van der Waals surface area (Å²) in [4.78, 5) is 0.269. The van der Waals surface area contributed by atoms with E-state index in [0.29, 0.717) is 16.9 Å². The summed E-state index contributed by atoms with van der Waals surface area (Å²) < 4.78 is 31.6. The lowest BCUT2D eigenvalue weighted by Gasteiger charge is -2.26. The quantitative estimate of drug-likeness (QED) is 0.899. The summed E-state index contributed by atoms with van der Waals surface area (Å²) in [5.74, 6) is 0.629. The largest absolute Gasteiger partial charge is 0.497 e. The van der Waals surface area contributed by atoms with E-state index in [-0.39, 0.29) is 11.4 Å². The Morgan fingerprint density at radius 1 is 1.25 bits per heavy atom. The molecule has 0 saturated heterocycles. The number of aliphatic hydroxyl groups is 1. The highest BCUT2D eigenvalue weighted by atomic mass is 32.2. The molecule has 0 atom stereocenters. The van der Waals surface area contributed by atoms with Gasteiger partial charge in [-0.25, -0.2) is 8.42 Å². The Morgan fingerprint density at radius 3 is 2.05 bits per heavy atom. The van der Waals surface area contributed by atoms with Crippen LogP contribution in [0.25, 0.3) is 0 Å². The van der Waals surface area contributed by atoms with Gasteiger partial charge in [0.15, 0.2) is 0 Å². The lowest BCUT2D eigenvalue weighted by atomic mass is 10.1. The summed E-state index contributed by atoms with van der Waals surface area (Å²) in [7, 11) is -0.628. The molecule has 0 aromatic heterocycles. The molecule has 0 unspecified atom stereocenters. The molecule has 20 heavy (non-hydrogen) atoms. The highest BCUT2D eigenvalue weighted by Crippen LogP contribution is 2.28. The van der Waals surface area contributed by atoms with Crippen LogP contribution in [-0.4, -0.2) is 44.1 Å². The number of hydrogen-bond donors (Lipinski definition) is 1. The molecule has 5 nitrogen and oxygen atoms in total. The second kappa shape index (κ2) is 5.71. The van der Waals surface area contributed by atoms with Crippen LogP contribution in [0.1, 0.15) is 25.0 Å². The van der Waals surface area contributed by atoms with Crippen molar-refractivity contribution in [2.45, 2.75) is 38.2 Å². The van der Waals surface area contributed by atoms with E-state index in [9.17, 15) is 13.5 Å². The lowest BCUT2D eigenvalue weighted by Crippen LogP contribution is -2.40. The van der Waals surface area contributed by atoms with Gasteiger partial charge in [-0.15, -0.1) is 0 Å². The van der Waals surface area contributed by atoms with Gasteiger partial charge in [0.05, 0.1) is 17.6 Å². The first kappa shape index (κ1) is 16.9. The number of aryl methyl sites for hydroxylation is 2. The standard InChI is InChI=1S/C14H23NO4S/c1-10-7-12(19-6)8-11(2)13(10)20(17,18)15(5)9-14(3,4)16/h7-8,16H,9H2,1-6H3. The zero-order valence-corrected chi connectivity index (χ0v) is 13.7. The number of ether oxygens (including phenoxy) is 1. The number of benzene rings is 1. The van der Waals surface area contributed by atoms with Crippen molar-refractivity contribution >= 4 is 10.0 Å². The molecule has 0 aliphatic rings. The summed E-state index contributed by atoms with van der Waals surface area (Å²) in [6.45, 7) is 6.65. The predicted molar refractivity (Wildman–Crippen MR) is 78.6 cm³/mol. The fraction of sp³-hybridized carbons (Fsp3) is 0.571. The highest BCUT2D eigenvalue weighted by molar-refractivity contribution is 7.89. The van der Waals surface area contributed by atoms with E-state index in [1.165, 1.54) is 11.4 Å². The lowest BCUT2D eigenvalue weighted by molar-refractivity contribution is 0.0639. The summed E-state index contributed by atoms with van der Waals surface area (Å²) >= 11 is 0. The van der Waals surface area contributed by atoms with Gasteiger partial charge in [0, 0.05) is 13.6 Å². The second-order valence-corrected chi connectivity index (χ2v) is 7.65. The number of methoxy groups -OCH3 is 1. The van der Waals surface area contributed by atoms with Crippen molar-refractivity contribution in [1.82, 2.24) is 4.31 Å². The molecular formula is C14H23NO4S. The Bertz CT molecular complexity index is 565. The molecule has 0 aliphatic heterocycles. The second-order valence-electron chi connectivity index (χ2n) is 5.66. The van der Waals surface area contributed by atoms with E-state index in [1.807, 2.05) is 0 Å². The molecule has 1 N–H and O–H groups in total. The molecule has 0 fully saturated rings. The normalized spacial score (nSPS) is 12.8. The van der Waals surface area contributed by atoms with Gasteiger partial charge >= 0.3 is 0 Å². The van der Waals surface area contributed by atoms with E-state index < -0.39 is 15.6 Å². The molecule has 1 rings (SSSR count). The molecule has 0 bridgehead atoms. The molecular weight excluding hydrogens is 278 g/mol. The minimum Gasteiger partial charge on any atom is -0.497 e. The summed E-state index contributed by atoms with van der Waals surface area (Å²) in [5.41, 5.74) is 0.171. The Hall–Kier alpha value is -1.11. The van der Waals surface area contributed by atoms with Crippen LogP contribution in [0.3, 0.4) is 0 Å². The molecule has 114 valence electrons. The molecule has 1 aromatic carbocycles. The van der Waals surface area contributed by atoms with Gasteiger partial charge in [-0.3, -0.25) is 0 Å². The zero-order chi connectivity index (χ0) is 15.7. The number of likely N-dealkylation sites (N-methyl/N-ethyl adjacent to an activating group) is 1. The van der Waals surface area contributed by atoms with Crippen LogP contribution in [0.5, 0.6) is 5.75 Å². The fourth-order valence-corrected chi connectivity index (χ4v) is 3.95. The van der Waals surface area contributed by atoms with Crippen LogP contribution in [0.15, 0.2) is 17.0 Å². The number of rotatable bonds is 5. The van der Waals surface area contributed by atoms with Crippen molar-refractivity contribution in [2.24, 2.45) is 0 Å². The Kier molecular flexibility index (Phi) is 4.84. The zero-order valence-electron chi connectivity index (χ0n) is 12.9. The van der Waals surface area contributed by atoms with Crippen molar-refractivity contribution in [3.05, 3.63) is 23.3 Å². The maximum atomic E-state index is 12.6. The first-order chi connectivity index (χ1) is 8.99. The highest BCUT2D eigenvalue weighted by Gasteiger charge is 2.29. The van der Waals surface area contributed by atoms with Crippen molar-refractivity contribution < 1.29 is 18.3 Å². The van der Waals surface area contributed by atoms with Gasteiger partial charge in [0.1, 0.15) is 5.75 Å². The van der Waals surface area contributed by atoms with Gasteiger partial charge in [-0.1, -0.05) is 0 Å². The third-order valence-corrected chi connectivity index (χ3v) is 5.06.